The normalized spacial score (nSPS) is 19.5. The van der Waals surface area contributed by atoms with Gasteiger partial charge < -0.3 is 14.6 Å². The minimum atomic E-state index is -0.942. The Morgan fingerprint density at radius 2 is 1.43 bits per heavy atom. The van der Waals surface area contributed by atoms with E-state index in [-0.39, 0.29) is 6.29 Å². The highest BCUT2D eigenvalue weighted by molar-refractivity contribution is 5.79. The summed E-state index contributed by atoms with van der Waals surface area (Å²) in [5, 5.41) is 11.3. The van der Waals surface area contributed by atoms with Crippen LogP contribution < -0.4 is 0 Å². The first-order chi connectivity index (χ1) is 10.3. The average Bonchev–Trinajstić information content (AvgIpc) is 3.13. The summed E-state index contributed by atoms with van der Waals surface area (Å²) in [6.45, 7) is 1.30. The molecule has 0 spiro atoms. The van der Waals surface area contributed by atoms with Gasteiger partial charge in [-0.2, -0.15) is 0 Å². The lowest BCUT2D eigenvalue weighted by molar-refractivity contribution is -0.0616. The number of hydrogen-bond acceptors (Lipinski definition) is 3. The first-order valence-corrected chi connectivity index (χ1v) is 7.44. The zero-order valence-corrected chi connectivity index (χ0v) is 11.8. The van der Waals surface area contributed by atoms with Crippen molar-refractivity contribution in [1.82, 2.24) is 0 Å². The molecule has 2 aliphatic rings. The number of aliphatic hydroxyl groups is 1. The predicted octanol–water partition coefficient (Wildman–Crippen LogP) is 3.06. The lowest BCUT2D eigenvalue weighted by atomic mass is 9.87. The van der Waals surface area contributed by atoms with Gasteiger partial charge in [0.05, 0.1) is 13.2 Å². The second-order valence-electron chi connectivity index (χ2n) is 5.66. The van der Waals surface area contributed by atoms with Gasteiger partial charge >= 0.3 is 0 Å². The van der Waals surface area contributed by atoms with Gasteiger partial charge in [0.2, 0.25) is 0 Å². The summed E-state index contributed by atoms with van der Waals surface area (Å²) in [7, 11) is 0. The fourth-order valence-electron chi connectivity index (χ4n) is 3.47. The molecule has 0 atom stereocenters. The van der Waals surface area contributed by atoms with Crippen LogP contribution in [0.25, 0.3) is 11.1 Å². The van der Waals surface area contributed by atoms with E-state index < -0.39 is 5.60 Å². The van der Waals surface area contributed by atoms with Crippen LogP contribution in [0.1, 0.15) is 24.0 Å². The van der Waals surface area contributed by atoms with E-state index in [0.29, 0.717) is 26.1 Å². The van der Waals surface area contributed by atoms with E-state index in [1.165, 1.54) is 0 Å². The molecule has 21 heavy (non-hydrogen) atoms. The van der Waals surface area contributed by atoms with Crippen molar-refractivity contribution in [2.75, 3.05) is 13.2 Å². The van der Waals surface area contributed by atoms with Crippen LogP contribution in [0, 0.1) is 0 Å². The lowest BCUT2D eigenvalue weighted by Gasteiger charge is -2.26. The summed E-state index contributed by atoms with van der Waals surface area (Å²) in [6, 6.07) is 16.2. The SMILES string of the molecule is OC1(CCC2OCCO2)c2ccccc2-c2ccccc21. The van der Waals surface area contributed by atoms with Crippen LogP contribution in [0.3, 0.4) is 0 Å². The van der Waals surface area contributed by atoms with Gasteiger partial charge in [0.25, 0.3) is 0 Å². The molecule has 1 fully saturated rings. The van der Waals surface area contributed by atoms with E-state index >= 15 is 0 Å². The number of benzene rings is 2. The zero-order valence-electron chi connectivity index (χ0n) is 11.8. The topological polar surface area (TPSA) is 38.7 Å². The maximum Gasteiger partial charge on any atom is 0.157 e. The van der Waals surface area contributed by atoms with Crippen molar-refractivity contribution in [1.29, 1.82) is 0 Å². The Labute approximate surface area is 124 Å². The van der Waals surface area contributed by atoms with Crippen molar-refractivity contribution in [3.8, 4) is 11.1 Å². The Kier molecular flexibility index (Phi) is 3.07. The maximum absolute atomic E-state index is 11.3. The average molecular weight is 282 g/mol. The number of rotatable bonds is 3. The van der Waals surface area contributed by atoms with Crippen molar-refractivity contribution in [2.24, 2.45) is 0 Å². The van der Waals surface area contributed by atoms with Crippen LogP contribution in [-0.4, -0.2) is 24.6 Å². The fraction of sp³-hybridized carbons (Fsp3) is 0.333. The van der Waals surface area contributed by atoms with Gasteiger partial charge in [0.1, 0.15) is 5.60 Å². The third-order valence-corrected chi connectivity index (χ3v) is 4.47. The van der Waals surface area contributed by atoms with E-state index in [1.54, 1.807) is 0 Å². The highest BCUT2D eigenvalue weighted by Crippen LogP contribution is 2.49. The summed E-state index contributed by atoms with van der Waals surface area (Å²) >= 11 is 0. The van der Waals surface area contributed by atoms with Crippen LogP contribution in [0.5, 0.6) is 0 Å². The zero-order chi connectivity index (χ0) is 14.3. The molecule has 1 saturated heterocycles. The molecule has 1 aliphatic carbocycles. The molecule has 0 saturated carbocycles. The minimum Gasteiger partial charge on any atom is -0.380 e. The number of fused-ring (bicyclic) bond motifs is 3. The molecule has 4 rings (SSSR count). The molecule has 3 heteroatoms. The van der Waals surface area contributed by atoms with Crippen LogP contribution in [0.2, 0.25) is 0 Å². The summed E-state index contributed by atoms with van der Waals surface area (Å²) in [5.41, 5.74) is 3.30. The molecule has 108 valence electrons. The van der Waals surface area contributed by atoms with Crippen molar-refractivity contribution in [3.63, 3.8) is 0 Å². The second kappa shape index (κ2) is 4.95. The van der Waals surface area contributed by atoms with Crippen molar-refractivity contribution < 1.29 is 14.6 Å². The first kappa shape index (κ1) is 13.0. The first-order valence-electron chi connectivity index (χ1n) is 7.44. The van der Waals surface area contributed by atoms with Gasteiger partial charge in [-0.25, -0.2) is 0 Å². The van der Waals surface area contributed by atoms with E-state index in [2.05, 4.69) is 12.1 Å². The van der Waals surface area contributed by atoms with Gasteiger partial charge in [-0.15, -0.1) is 0 Å². The highest BCUT2D eigenvalue weighted by atomic mass is 16.7. The minimum absolute atomic E-state index is 0.186. The number of ether oxygens (including phenoxy) is 2. The molecule has 0 amide bonds. The lowest BCUT2D eigenvalue weighted by Crippen LogP contribution is -2.26. The van der Waals surface area contributed by atoms with Gasteiger partial charge in [-0.3, -0.25) is 0 Å². The number of hydrogen-bond donors (Lipinski definition) is 1. The molecule has 0 aromatic heterocycles. The summed E-state index contributed by atoms with van der Waals surface area (Å²) in [4.78, 5) is 0. The Morgan fingerprint density at radius 1 is 0.905 bits per heavy atom. The standard InChI is InChI=1S/C18H18O3/c19-18(10-9-17-20-11-12-21-17)15-7-3-1-5-13(15)14-6-2-4-8-16(14)18/h1-8,17,19H,9-12H2. The van der Waals surface area contributed by atoms with Gasteiger partial charge in [-0.05, 0) is 28.7 Å². The van der Waals surface area contributed by atoms with Gasteiger partial charge in [-0.1, -0.05) is 48.5 Å². The molecule has 3 nitrogen and oxygen atoms in total. The molecule has 1 heterocycles. The molecule has 2 aromatic carbocycles. The van der Waals surface area contributed by atoms with Crippen molar-refractivity contribution >= 4 is 0 Å². The Morgan fingerprint density at radius 3 is 2.00 bits per heavy atom. The summed E-state index contributed by atoms with van der Waals surface area (Å²) in [6.07, 6.45) is 1.11. The monoisotopic (exact) mass is 282 g/mol. The van der Waals surface area contributed by atoms with Crippen LogP contribution in [-0.2, 0) is 15.1 Å². The molecule has 0 unspecified atom stereocenters. The highest BCUT2D eigenvalue weighted by Gasteiger charge is 2.41. The Bertz CT molecular complexity index is 614. The van der Waals surface area contributed by atoms with Crippen LogP contribution in [0.4, 0.5) is 0 Å². The fourth-order valence-corrected chi connectivity index (χ4v) is 3.47. The third-order valence-electron chi connectivity index (χ3n) is 4.47. The van der Waals surface area contributed by atoms with Crippen molar-refractivity contribution in [2.45, 2.75) is 24.7 Å². The molecule has 2 aromatic rings. The summed E-state index contributed by atoms with van der Waals surface area (Å²) in [5.74, 6) is 0. The molecule has 1 N–H and O–H groups in total. The van der Waals surface area contributed by atoms with Gasteiger partial charge in [0.15, 0.2) is 6.29 Å². The molecular formula is C18H18O3. The van der Waals surface area contributed by atoms with Crippen molar-refractivity contribution in [3.05, 3.63) is 59.7 Å². The van der Waals surface area contributed by atoms with E-state index in [1.807, 2.05) is 36.4 Å². The quantitative estimate of drug-likeness (QED) is 0.940. The second-order valence-corrected chi connectivity index (χ2v) is 5.66. The molecular weight excluding hydrogens is 264 g/mol. The maximum atomic E-state index is 11.3. The van der Waals surface area contributed by atoms with E-state index in [0.717, 1.165) is 22.3 Å². The molecule has 0 bridgehead atoms. The predicted molar refractivity (Wildman–Crippen MR) is 79.8 cm³/mol. The van der Waals surface area contributed by atoms with E-state index in [9.17, 15) is 5.11 Å². The van der Waals surface area contributed by atoms with Gasteiger partial charge in [0, 0.05) is 6.42 Å². The molecule has 1 aliphatic heterocycles. The van der Waals surface area contributed by atoms with Crippen LogP contribution >= 0.6 is 0 Å². The Hall–Kier alpha value is -1.68. The summed E-state index contributed by atoms with van der Waals surface area (Å²) < 4.78 is 11.0. The smallest absolute Gasteiger partial charge is 0.157 e. The van der Waals surface area contributed by atoms with Crippen LogP contribution in [0.15, 0.2) is 48.5 Å². The van der Waals surface area contributed by atoms with E-state index in [4.69, 9.17) is 9.47 Å². The Balaban J connectivity index is 1.72. The molecule has 0 radical (unpaired) electrons. The largest absolute Gasteiger partial charge is 0.380 e. The third kappa shape index (κ3) is 2.01.